The number of rotatable bonds is 6. The Labute approximate surface area is 165 Å². The fourth-order valence-corrected chi connectivity index (χ4v) is 3.83. The van der Waals surface area contributed by atoms with Crippen molar-refractivity contribution < 1.29 is 14.0 Å². The summed E-state index contributed by atoms with van der Waals surface area (Å²) >= 11 is 0. The number of benzene rings is 1. The van der Waals surface area contributed by atoms with E-state index in [9.17, 15) is 4.79 Å². The van der Waals surface area contributed by atoms with Crippen molar-refractivity contribution in [1.82, 2.24) is 4.90 Å². The molecule has 1 saturated heterocycles. The molecule has 1 amide bonds. The second-order valence-electron chi connectivity index (χ2n) is 8.64. The number of carbonyl (C=O) groups is 1. The summed E-state index contributed by atoms with van der Waals surface area (Å²) in [7, 11) is -2.12. The molecule has 1 atom stereocenters. The Bertz CT molecular complexity index is 717. The molecule has 1 aliphatic heterocycles. The third-order valence-electron chi connectivity index (χ3n) is 5.41. The number of hydrogen-bond acceptors (Lipinski definition) is 3. The highest BCUT2D eigenvalue weighted by atomic mass is 28.4. The molecule has 1 fully saturated rings. The first-order valence-electron chi connectivity index (χ1n) is 9.59. The van der Waals surface area contributed by atoms with Crippen molar-refractivity contribution in [3.8, 4) is 0 Å². The van der Waals surface area contributed by atoms with Crippen molar-refractivity contribution in [2.45, 2.75) is 65.2 Å². The predicted octanol–water partition coefficient (Wildman–Crippen LogP) is 5.88. The van der Waals surface area contributed by atoms with Crippen molar-refractivity contribution in [2.24, 2.45) is 0 Å². The Balaban J connectivity index is 2.40. The molecule has 0 unspecified atom stereocenters. The highest BCUT2D eigenvalue weighted by Gasteiger charge is 2.44. The SMILES string of the molecule is C/C=C\C(C)=C(\O[Si](C)(C)C(C)(C)C)N1C(=O)OC[C@@H]1Cc1ccccc1. The van der Waals surface area contributed by atoms with Gasteiger partial charge < -0.3 is 9.16 Å². The zero-order chi connectivity index (χ0) is 20.2. The first kappa shape index (κ1) is 21.3. The average molecular weight is 388 g/mol. The van der Waals surface area contributed by atoms with E-state index in [2.05, 4.69) is 46.0 Å². The van der Waals surface area contributed by atoms with E-state index in [1.807, 2.05) is 44.2 Å². The number of amides is 1. The van der Waals surface area contributed by atoms with Gasteiger partial charge in [0.2, 0.25) is 0 Å². The maximum atomic E-state index is 12.6. The van der Waals surface area contributed by atoms with Gasteiger partial charge in [0, 0.05) is 5.57 Å². The largest absolute Gasteiger partial charge is 0.531 e. The molecular weight excluding hydrogens is 354 g/mol. The molecule has 4 nitrogen and oxygen atoms in total. The molecule has 148 valence electrons. The van der Waals surface area contributed by atoms with Gasteiger partial charge in [-0.05, 0) is 44.0 Å². The standard InChI is InChI=1S/C22H33NO3Si/c1-8-12-17(2)20(26-27(6,7)22(3,4)5)23-19(16-25-21(23)24)15-18-13-10-9-11-14-18/h8-14,19H,15-16H2,1-7H3/b12-8-,20-17+/t19-/m0/s1. The van der Waals surface area contributed by atoms with Crippen LogP contribution in [0.15, 0.2) is 53.9 Å². The lowest BCUT2D eigenvalue weighted by Gasteiger charge is -2.39. The highest BCUT2D eigenvalue weighted by Crippen LogP contribution is 2.40. The minimum atomic E-state index is -2.12. The van der Waals surface area contributed by atoms with Gasteiger partial charge in [0.1, 0.15) is 6.61 Å². The van der Waals surface area contributed by atoms with Crippen LogP contribution in [-0.2, 0) is 15.6 Å². The molecule has 0 radical (unpaired) electrons. The zero-order valence-corrected chi connectivity index (χ0v) is 18.7. The third kappa shape index (κ3) is 5.04. The van der Waals surface area contributed by atoms with Gasteiger partial charge in [-0.25, -0.2) is 9.69 Å². The van der Waals surface area contributed by atoms with Gasteiger partial charge in [-0.2, -0.15) is 0 Å². The fraction of sp³-hybridized carbons (Fsp3) is 0.500. The van der Waals surface area contributed by atoms with E-state index in [1.54, 1.807) is 4.90 Å². The smallest absolute Gasteiger partial charge is 0.417 e. The molecule has 0 spiro atoms. The zero-order valence-electron chi connectivity index (χ0n) is 17.7. The molecule has 0 saturated carbocycles. The fourth-order valence-electron chi connectivity index (χ4n) is 2.78. The van der Waals surface area contributed by atoms with Gasteiger partial charge in [0.05, 0.1) is 6.04 Å². The van der Waals surface area contributed by atoms with Crippen molar-refractivity contribution in [3.05, 3.63) is 59.5 Å². The molecule has 5 heteroatoms. The average Bonchev–Trinajstić information content (AvgIpc) is 2.93. The van der Waals surface area contributed by atoms with E-state index in [0.29, 0.717) is 12.5 Å². The molecule has 27 heavy (non-hydrogen) atoms. The van der Waals surface area contributed by atoms with Crippen molar-refractivity contribution in [1.29, 1.82) is 0 Å². The maximum Gasteiger partial charge on any atom is 0.417 e. The second kappa shape index (κ2) is 8.34. The molecule has 0 aliphatic carbocycles. The normalized spacial score (nSPS) is 19.3. The van der Waals surface area contributed by atoms with Crippen molar-refractivity contribution in [2.75, 3.05) is 6.61 Å². The molecule has 0 aromatic heterocycles. The third-order valence-corrected chi connectivity index (χ3v) is 9.72. The Morgan fingerprint density at radius 1 is 1.30 bits per heavy atom. The molecule has 1 aliphatic rings. The second-order valence-corrected chi connectivity index (χ2v) is 13.4. The van der Waals surface area contributed by atoms with E-state index in [-0.39, 0.29) is 17.2 Å². The van der Waals surface area contributed by atoms with Gasteiger partial charge in [-0.1, -0.05) is 63.3 Å². The summed E-state index contributed by atoms with van der Waals surface area (Å²) in [5.41, 5.74) is 2.13. The van der Waals surface area contributed by atoms with Gasteiger partial charge in [0.25, 0.3) is 8.32 Å². The number of carbonyl (C=O) groups excluding carboxylic acids is 1. The Kier molecular flexibility index (Phi) is 6.57. The molecule has 0 N–H and O–H groups in total. The van der Waals surface area contributed by atoms with Crippen LogP contribution in [0, 0.1) is 0 Å². The monoisotopic (exact) mass is 387 g/mol. The van der Waals surface area contributed by atoms with Gasteiger partial charge in [-0.15, -0.1) is 0 Å². The minimum Gasteiger partial charge on any atom is -0.531 e. The first-order valence-corrected chi connectivity index (χ1v) is 12.5. The Morgan fingerprint density at radius 2 is 1.93 bits per heavy atom. The summed E-state index contributed by atoms with van der Waals surface area (Å²) in [6.45, 7) is 15.3. The quantitative estimate of drug-likeness (QED) is 0.347. The molecule has 1 aromatic carbocycles. The maximum absolute atomic E-state index is 12.6. The number of allylic oxidation sites excluding steroid dienone is 3. The van der Waals surface area contributed by atoms with Gasteiger partial charge in [0.15, 0.2) is 5.88 Å². The van der Waals surface area contributed by atoms with E-state index in [0.717, 1.165) is 12.0 Å². The highest BCUT2D eigenvalue weighted by molar-refractivity contribution is 6.74. The van der Waals surface area contributed by atoms with Gasteiger partial charge in [-0.3, -0.25) is 0 Å². The lowest BCUT2D eigenvalue weighted by atomic mass is 10.1. The number of ether oxygens (including phenoxy) is 1. The van der Waals surface area contributed by atoms with Crippen LogP contribution in [-0.4, -0.2) is 32.0 Å². The van der Waals surface area contributed by atoms with Crippen LogP contribution in [0.2, 0.25) is 18.1 Å². The molecule has 1 aromatic rings. The van der Waals surface area contributed by atoms with Crippen LogP contribution in [0.3, 0.4) is 0 Å². The topological polar surface area (TPSA) is 38.8 Å². The van der Waals surface area contributed by atoms with E-state index in [4.69, 9.17) is 9.16 Å². The van der Waals surface area contributed by atoms with Crippen LogP contribution in [0.4, 0.5) is 4.79 Å². The van der Waals surface area contributed by atoms with Gasteiger partial charge >= 0.3 is 6.09 Å². The Hall–Kier alpha value is -2.01. The van der Waals surface area contributed by atoms with E-state index < -0.39 is 8.32 Å². The van der Waals surface area contributed by atoms with Crippen LogP contribution in [0.25, 0.3) is 0 Å². The van der Waals surface area contributed by atoms with Crippen molar-refractivity contribution in [3.63, 3.8) is 0 Å². The molecule has 1 heterocycles. The summed E-state index contributed by atoms with van der Waals surface area (Å²) in [4.78, 5) is 14.4. The number of nitrogens with zero attached hydrogens (tertiary/aromatic N) is 1. The minimum absolute atomic E-state index is 0.0347. The molecule has 2 rings (SSSR count). The summed E-state index contributed by atoms with van der Waals surface area (Å²) in [6.07, 6.45) is 4.37. The predicted molar refractivity (Wildman–Crippen MR) is 113 cm³/mol. The van der Waals surface area contributed by atoms with E-state index in [1.165, 1.54) is 5.56 Å². The number of hydrogen-bond donors (Lipinski definition) is 0. The summed E-state index contributed by atoms with van der Waals surface area (Å²) in [5, 5.41) is 0.0347. The Morgan fingerprint density at radius 3 is 2.48 bits per heavy atom. The lowest BCUT2D eigenvalue weighted by molar-refractivity contribution is 0.149. The number of cyclic esters (lactones) is 1. The summed E-state index contributed by atoms with van der Waals surface area (Å²) in [6, 6.07) is 10.1. The van der Waals surface area contributed by atoms with Crippen LogP contribution in [0.1, 0.15) is 40.2 Å². The van der Waals surface area contributed by atoms with Crippen LogP contribution >= 0.6 is 0 Å². The van der Waals surface area contributed by atoms with Crippen LogP contribution in [0.5, 0.6) is 0 Å². The molecule has 0 bridgehead atoms. The lowest BCUT2D eigenvalue weighted by Crippen LogP contribution is -2.45. The summed E-state index contributed by atoms with van der Waals surface area (Å²) in [5.74, 6) is 0.642. The van der Waals surface area contributed by atoms with Crippen molar-refractivity contribution >= 4 is 14.4 Å². The van der Waals surface area contributed by atoms with Crippen LogP contribution < -0.4 is 0 Å². The van der Waals surface area contributed by atoms with E-state index >= 15 is 0 Å². The summed E-state index contributed by atoms with van der Waals surface area (Å²) < 4.78 is 12.1. The first-order chi connectivity index (χ1) is 12.6. The molecular formula is C22H33NO3Si.